The lowest BCUT2D eigenvalue weighted by atomic mass is 9.97. The van der Waals surface area contributed by atoms with Crippen LogP contribution >= 0.6 is 0 Å². The van der Waals surface area contributed by atoms with E-state index in [1.165, 1.54) is 12.3 Å². The monoisotopic (exact) mass is 452 g/mol. The number of carbonyl (C=O) groups is 1. The van der Waals surface area contributed by atoms with Crippen LogP contribution in [0.2, 0.25) is 0 Å². The Morgan fingerprint density at radius 2 is 2.12 bits per heavy atom. The standard InChI is InChI=1S/C22H27F3N4O3/c1-13-12-20(2,3)29-17-14(19(30)32-18(13)29)4-5-16(28-17)27-10-6-15(26)31-11-9-21(7-8-21)22(23,24)25/h4-6,10,13,18H,7-9,11-12,26H2,1-3H3/t13-,18?/m0/s1. The molecule has 2 fully saturated rings. The molecule has 3 heterocycles. The van der Waals surface area contributed by atoms with Gasteiger partial charge in [0.25, 0.3) is 0 Å². The first kappa shape index (κ1) is 22.4. The average Bonchev–Trinajstić information content (AvgIpc) is 3.44. The van der Waals surface area contributed by atoms with Crippen molar-refractivity contribution in [3.8, 4) is 0 Å². The molecular weight excluding hydrogens is 425 g/mol. The Kier molecular flexibility index (Phi) is 5.37. The highest BCUT2D eigenvalue weighted by molar-refractivity contribution is 5.97. The van der Waals surface area contributed by atoms with Gasteiger partial charge in [0.1, 0.15) is 11.4 Å². The Morgan fingerprint density at radius 1 is 1.41 bits per heavy atom. The largest absolute Gasteiger partial charge is 0.479 e. The van der Waals surface area contributed by atoms with Crippen LogP contribution in [0.1, 0.15) is 56.8 Å². The molecule has 1 aromatic rings. The Bertz CT molecular complexity index is 970. The van der Waals surface area contributed by atoms with E-state index in [9.17, 15) is 18.0 Å². The van der Waals surface area contributed by atoms with Crippen LogP contribution in [-0.2, 0) is 9.47 Å². The fourth-order valence-corrected chi connectivity index (χ4v) is 4.61. The summed E-state index contributed by atoms with van der Waals surface area (Å²) in [5.74, 6) is 0.639. The number of nitrogens with zero attached hydrogens (tertiary/aromatic N) is 3. The molecular formula is C22H27F3N4O3. The quantitative estimate of drug-likeness (QED) is 0.390. The molecule has 0 spiro atoms. The van der Waals surface area contributed by atoms with E-state index < -0.39 is 17.6 Å². The highest BCUT2D eigenvalue weighted by Crippen LogP contribution is 2.59. The summed E-state index contributed by atoms with van der Waals surface area (Å²) in [7, 11) is 0. The molecule has 2 aliphatic heterocycles. The maximum absolute atomic E-state index is 12.9. The molecule has 1 saturated heterocycles. The minimum absolute atomic E-state index is 0.0252. The Labute approximate surface area is 184 Å². The molecule has 174 valence electrons. The van der Waals surface area contributed by atoms with Gasteiger partial charge in [0, 0.05) is 23.7 Å². The normalized spacial score (nSPS) is 26.0. The summed E-state index contributed by atoms with van der Waals surface area (Å²) in [6.45, 7) is 6.09. The molecule has 0 radical (unpaired) electrons. The fraction of sp³-hybridized carbons (Fsp3) is 0.591. The first-order chi connectivity index (χ1) is 14.9. The van der Waals surface area contributed by atoms with Gasteiger partial charge >= 0.3 is 12.1 Å². The third-order valence-electron chi connectivity index (χ3n) is 6.50. The Balaban J connectivity index is 1.43. The number of fused-ring (bicyclic) bond motifs is 3. The van der Waals surface area contributed by atoms with E-state index in [4.69, 9.17) is 15.2 Å². The number of carbonyl (C=O) groups excluding carboxylic acids is 1. The molecule has 7 nitrogen and oxygen atoms in total. The van der Waals surface area contributed by atoms with Crippen LogP contribution < -0.4 is 10.6 Å². The van der Waals surface area contributed by atoms with Crippen LogP contribution in [0.4, 0.5) is 24.8 Å². The summed E-state index contributed by atoms with van der Waals surface area (Å²) in [5, 5.41) is 0. The summed E-state index contributed by atoms with van der Waals surface area (Å²) in [6, 6.07) is 3.22. The SMILES string of the molecule is C[C@H]1CC(C)(C)N2c3nc(N=CC=C(N)OCCC4(C(F)(F)F)CC4)ccc3C(=O)OC12. The van der Waals surface area contributed by atoms with Gasteiger partial charge in [-0.3, -0.25) is 0 Å². The highest BCUT2D eigenvalue weighted by Gasteiger charge is 2.62. The van der Waals surface area contributed by atoms with E-state index >= 15 is 0 Å². The van der Waals surface area contributed by atoms with E-state index in [2.05, 4.69) is 23.8 Å². The van der Waals surface area contributed by atoms with Gasteiger partial charge < -0.3 is 20.1 Å². The first-order valence-corrected chi connectivity index (χ1v) is 10.6. The van der Waals surface area contributed by atoms with Crippen LogP contribution in [0.15, 0.2) is 29.1 Å². The fourth-order valence-electron chi connectivity index (χ4n) is 4.61. The van der Waals surface area contributed by atoms with Gasteiger partial charge in [-0.05, 0) is 51.7 Å². The predicted molar refractivity (Wildman–Crippen MR) is 112 cm³/mol. The van der Waals surface area contributed by atoms with E-state index in [1.807, 2.05) is 11.8 Å². The minimum atomic E-state index is -4.21. The third kappa shape index (κ3) is 4.02. The summed E-state index contributed by atoms with van der Waals surface area (Å²) < 4.78 is 49.7. The number of nitrogens with two attached hydrogens (primary N) is 1. The molecule has 1 saturated carbocycles. The van der Waals surface area contributed by atoms with Crippen LogP contribution in [-0.4, -0.2) is 41.7 Å². The summed E-state index contributed by atoms with van der Waals surface area (Å²) in [5.41, 5.74) is 4.26. The van der Waals surface area contributed by atoms with Crippen molar-refractivity contribution in [1.29, 1.82) is 0 Å². The van der Waals surface area contributed by atoms with Crippen molar-refractivity contribution in [2.24, 2.45) is 22.1 Å². The van der Waals surface area contributed by atoms with Gasteiger partial charge in [0.2, 0.25) is 0 Å². The second-order valence-corrected chi connectivity index (χ2v) is 9.42. The van der Waals surface area contributed by atoms with Crippen molar-refractivity contribution < 1.29 is 27.4 Å². The van der Waals surface area contributed by atoms with Crippen molar-refractivity contribution in [1.82, 2.24) is 4.98 Å². The van der Waals surface area contributed by atoms with Crippen LogP contribution in [0, 0.1) is 11.3 Å². The van der Waals surface area contributed by atoms with E-state index in [0.29, 0.717) is 17.2 Å². The molecule has 32 heavy (non-hydrogen) atoms. The molecule has 1 aliphatic carbocycles. The number of anilines is 1. The molecule has 0 aromatic carbocycles. The molecule has 2 atom stereocenters. The van der Waals surface area contributed by atoms with Crippen molar-refractivity contribution in [3.63, 3.8) is 0 Å². The number of rotatable bonds is 6. The Morgan fingerprint density at radius 3 is 2.78 bits per heavy atom. The number of hydrogen-bond donors (Lipinski definition) is 1. The van der Waals surface area contributed by atoms with E-state index in [-0.39, 0.29) is 49.4 Å². The molecule has 10 heteroatoms. The second-order valence-electron chi connectivity index (χ2n) is 9.42. The lowest BCUT2D eigenvalue weighted by Crippen LogP contribution is -2.49. The van der Waals surface area contributed by atoms with Gasteiger partial charge in [-0.1, -0.05) is 6.92 Å². The van der Waals surface area contributed by atoms with Gasteiger partial charge in [-0.15, -0.1) is 0 Å². The van der Waals surface area contributed by atoms with Crippen molar-refractivity contribution in [2.75, 3.05) is 11.5 Å². The summed E-state index contributed by atoms with van der Waals surface area (Å²) in [6.07, 6.45) is -0.827. The lowest BCUT2D eigenvalue weighted by molar-refractivity contribution is -0.191. The zero-order chi connectivity index (χ0) is 23.3. The third-order valence-corrected chi connectivity index (χ3v) is 6.50. The van der Waals surface area contributed by atoms with Gasteiger partial charge in [0.05, 0.1) is 12.0 Å². The molecule has 0 amide bonds. The second kappa shape index (κ2) is 7.67. The molecule has 3 aliphatic rings. The summed E-state index contributed by atoms with van der Waals surface area (Å²) in [4.78, 5) is 23.2. The number of pyridine rings is 1. The summed E-state index contributed by atoms with van der Waals surface area (Å²) >= 11 is 0. The van der Waals surface area contributed by atoms with Crippen molar-refractivity contribution in [3.05, 3.63) is 29.7 Å². The number of esters is 1. The number of allylic oxidation sites excluding steroid dienone is 1. The molecule has 4 rings (SSSR count). The van der Waals surface area contributed by atoms with E-state index in [1.54, 1.807) is 12.1 Å². The number of aliphatic imine (C=N–C) groups is 1. The van der Waals surface area contributed by atoms with Crippen LogP contribution in [0.3, 0.4) is 0 Å². The first-order valence-electron chi connectivity index (χ1n) is 10.6. The molecule has 0 bridgehead atoms. The van der Waals surface area contributed by atoms with Crippen molar-refractivity contribution in [2.45, 2.75) is 64.4 Å². The topological polar surface area (TPSA) is 90.0 Å². The van der Waals surface area contributed by atoms with Crippen molar-refractivity contribution >= 4 is 23.8 Å². The Hall–Kier alpha value is -2.78. The number of halogens is 3. The van der Waals surface area contributed by atoms with Crippen LogP contribution in [0.25, 0.3) is 0 Å². The zero-order valence-electron chi connectivity index (χ0n) is 18.3. The smallest absolute Gasteiger partial charge is 0.394 e. The van der Waals surface area contributed by atoms with Gasteiger partial charge in [-0.25, -0.2) is 14.8 Å². The van der Waals surface area contributed by atoms with Crippen LogP contribution in [0.5, 0.6) is 0 Å². The maximum Gasteiger partial charge on any atom is 0.394 e. The molecule has 1 aromatic heterocycles. The zero-order valence-corrected chi connectivity index (χ0v) is 18.3. The maximum atomic E-state index is 12.9. The number of aromatic nitrogens is 1. The minimum Gasteiger partial charge on any atom is -0.479 e. The average molecular weight is 452 g/mol. The number of hydrogen-bond acceptors (Lipinski definition) is 7. The van der Waals surface area contributed by atoms with Gasteiger partial charge in [0.15, 0.2) is 17.9 Å². The molecule has 2 N–H and O–H groups in total. The molecule has 1 unspecified atom stereocenters. The highest BCUT2D eigenvalue weighted by atomic mass is 19.4. The van der Waals surface area contributed by atoms with E-state index in [0.717, 1.165) is 6.42 Å². The predicted octanol–water partition coefficient (Wildman–Crippen LogP) is 4.45. The number of ether oxygens (including phenoxy) is 2. The number of alkyl halides is 3. The van der Waals surface area contributed by atoms with Gasteiger partial charge in [-0.2, -0.15) is 13.2 Å². The lowest BCUT2D eigenvalue weighted by Gasteiger charge is -2.40.